The van der Waals surface area contributed by atoms with Gasteiger partial charge in [-0.2, -0.15) is 0 Å². The number of rotatable bonds is 4. The molecule has 0 aliphatic rings. The fourth-order valence-corrected chi connectivity index (χ4v) is 1.08. The van der Waals surface area contributed by atoms with E-state index in [1.165, 1.54) is 0 Å². The minimum atomic E-state index is -0.713. The van der Waals surface area contributed by atoms with E-state index in [0.29, 0.717) is 0 Å². The van der Waals surface area contributed by atoms with Crippen LogP contribution in [0.15, 0.2) is 18.2 Å². The molecule has 1 amide bonds. The van der Waals surface area contributed by atoms with Crippen LogP contribution in [0.25, 0.3) is 0 Å². The Morgan fingerprint density at radius 1 is 1.56 bits per heavy atom. The van der Waals surface area contributed by atoms with Crippen LogP contribution in [0.2, 0.25) is 0 Å². The maximum absolute atomic E-state index is 13.2. The molecule has 0 unspecified atom stereocenters. The Kier molecular flexibility index (Phi) is 3.90. The lowest BCUT2D eigenvalue weighted by Gasteiger charge is -2.05. The first-order valence-corrected chi connectivity index (χ1v) is 4.43. The molecule has 86 valence electrons. The number of benzene rings is 1. The fourth-order valence-electron chi connectivity index (χ4n) is 1.08. The molecule has 0 aliphatic heterocycles. The normalized spacial score (nSPS) is 9.88. The van der Waals surface area contributed by atoms with Gasteiger partial charge >= 0.3 is 0 Å². The third kappa shape index (κ3) is 2.99. The Bertz CT molecular complexity index is 422. The Hall–Kier alpha value is -2.02. The van der Waals surface area contributed by atoms with Gasteiger partial charge in [0, 0.05) is 12.1 Å². The highest BCUT2D eigenvalue weighted by molar-refractivity contribution is 5.92. The molecule has 0 atom stereocenters. The number of nitro groups is 1. The van der Waals surface area contributed by atoms with Crippen LogP contribution in [0.1, 0.15) is 0 Å². The zero-order valence-electron chi connectivity index (χ0n) is 8.49. The van der Waals surface area contributed by atoms with Crippen molar-refractivity contribution in [1.29, 1.82) is 0 Å². The largest absolute Gasteiger partial charge is 0.322 e. The molecule has 1 rings (SSSR count). The minimum Gasteiger partial charge on any atom is -0.322 e. The van der Waals surface area contributed by atoms with E-state index in [2.05, 4.69) is 10.6 Å². The number of non-ortho nitro benzene ring substituents is 1. The molecule has 0 aromatic heterocycles. The molecule has 0 spiro atoms. The summed E-state index contributed by atoms with van der Waals surface area (Å²) in [6.45, 7) is 0.00211. The number of carbonyl (C=O) groups is 1. The third-order valence-corrected chi connectivity index (χ3v) is 1.77. The van der Waals surface area contributed by atoms with E-state index in [-0.39, 0.29) is 17.9 Å². The van der Waals surface area contributed by atoms with Gasteiger partial charge in [0.25, 0.3) is 5.69 Å². The lowest BCUT2D eigenvalue weighted by Crippen LogP contribution is -2.25. The first-order chi connectivity index (χ1) is 7.54. The number of nitrogens with zero attached hydrogens (tertiary/aromatic N) is 1. The molecule has 16 heavy (non-hydrogen) atoms. The van der Waals surface area contributed by atoms with Gasteiger partial charge in [-0.1, -0.05) is 0 Å². The molecule has 2 N–H and O–H groups in total. The van der Waals surface area contributed by atoms with Crippen molar-refractivity contribution >= 4 is 17.3 Å². The van der Waals surface area contributed by atoms with E-state index in [1.54, 1.807) is 7.05 Å². The Balaban J connectivity index is 2.90. The van der Waals surface area contributed by atoms with E-state index >= 15 is 0 Å². The quantitative estimate of drug-likeness (QED) is 0.591. The molecule has 0 heterocycles. The third-order valence-electron chi connectivity index (χ3n) is 1.77. The van der Waals surface area contributed by atoms with Crippen LogP contribution >= 0.6 is 0 Å². The number of likely N-dealkylation sites (N-methyl/N-ethyl adjacent to an activating group) is 1. The lowest BCUT2D eigenvalue weighted by molar-refractivity contribution is -0.384. The predicted molar refractivity (Wildman–Crippen MR) is 55.6 cm³/mol. The van der Waals surface area contributed by atoms with Crippen molar-refractivity contribution < 1.29 is 14.1 Å². The topological polar surface area (TPSA) is 84.3 Å². The second kappa shape index (κ2) is 5.17. The molecule has 0 aliphatic carbocycles. The van der Waals surface area contributed by atoms with Gasteiger partial charge < -0.3 is 10.6 Å². The van der Waals surface area contributed by atoms with Gasteiger partial charge in [0.1, 0.15) is 5.82 Å². The number of nitrogens with one attached hydrogen (secondary N) is 2. The highest BCUT2D eigenvalue weighted by atomic mass is 19.1. The molecule has 0 bridgehead atoms. The van der Waals surface area contributed by atoms with Crippen molar-refractivity contribution in [3.8, 4) is 0 Å². The van der Waals surface area contributed by atoms with Gasteiger partial charge in [-0.3, -0.25) is 14.9 Å². The Labute approximate surface area is 90.6 Å². The van der Waals surface area contributed by atoms with E-state index in [0.717, 1.165) is 18.2 Å². The maximum Gasteiger partial charge on any atom is 0.271 e. The fraction of sp³-hybridized carbons (Fsp3) is 0.222. The number of anilines is 1. The van der Waals surface area contributed by atoms with Gasteiger partial charge in [-0.05, 0) is 13.1 Å². The van der Waals surface area contributed by atoms with Crippen molar-refractivity contribution in [2.75, 3.05) is 18.9 Å². The van der Waals surface area contributed by atoms with Crippen molar-refractivity contribution in [3.63, 3.8) is 0 Å². The average molecular weight is 227 g/mol. The van der Waals surface area contributed by atoms with E-state index in [9.17, 15) is 19.3 Å². The molecule has 1 aromatic rings. The first kappa shape index (κ1) is 12.1. The van der Waals surface area contributed by atoms with Crippen LogP contribution in [-0.2, 0) is 4.79 Å². The monoisotopic (exact) mass is 227 g/mol. The summed E-state index contributed by atoms with van der Waals surface area (Å²) in [7, 11) is 1.56. The average Bonchev–Trinajstić information content (AvgIpc) is 2.21. The van der Waals surface area contributed by atoms with Crippen molar-refractivity contribution in [2.24, 2.45) is 0 Å². The smallest absolute Gasteiger partial charge is 0.271 e. The predicted octanol–water partition coefficient (Wildman–Crippen LogP) is 0.892. The van der Waals surface area contributed by atoms with Crippen molar-refractivity contribution in [1.82, 2.24) is 5.32 Å². The molecule has 0 saturated carbocycles. The Morgan fingerprint density at radius 2 is 2.25 bits per heavy atom. The second-order valence-electron chi connectivity index (χ2n) is 3.00. The van der Waals surface area contributed by atoms with Crippen LogP contribution < -0.4 is 10.6 Å². The highest BCUT2D eigenvalue weighted by Crippen LogP contribution is 2.20. The maximum atomic E-state index is 13.2. The number of carbonyl (C=O) groups excluding carboxylic acids is 1. The molecule has 1 aromatic carbocycles. The molecular formula is C9H10FN3O3. The van der Waals surface area contributed by atoms with Crippen molar-refractivity contribution in [3.05, 3.63) is 34.1 Å². The molecule has 7 heteroatoms. The van der Waals surface area contributed by atoms with Gasteiger partial charge in [0.05, 0.1) is 17.2 Å². The molecule has 6 nitrogen and oxygen atoms in total. The van der Waals surface area contributed by atoms with Crippen LogP contribution in [0.4, 0.5) is 15.8 Å². The summed E-state index contributed by atoms with van der Waals surface area (Å²) in [6.07, 6.45) is 0. The zero-order valence-corrected chi connectivity index (χ0v) is 8.49. The number of hydrogen-bond acceptors (Lipinski definition) is 4. The lowest BCUT2D eigenvalue weighted by atomic mass is 10.2. The van der Waals surface area contributed by atoms with Crippen LogP contribution in [0.5, 0.6) is 0 Å². The highest BCUT2D eigenvalue weighted by Gasteiger charge is 2.12. The van der Waals surface area contributed by atoms with E-state index < -0.39 is 16.6 Å². The first-order valence-electron chi connectivity index (χ1n) is 4.43. The minimum absolute atomic E-state index is 0.00211. The number of hydrogen-bond donors (Lipinski definition) is 2. The van der Waals surface area contributed by atoms with Crippen LogP contribution in [0.3, 0.4) is 0 Å². The van der Waals surface area contributed by atoms with Gasteiger partial charge in [-0.25, -0.2) is 4.39 Å². The summed E-state index contributed by atoms with van der Waals surface area (Å²) in [6, 6.07) is 2.94. The van der Waals surface area contributed by atoms with Crippen LogP contribution in [-0.4, -0.2) is 24.4 Å². The van der Waals surface area contributed by atoms with Gasteiger partial charge in [0.15, 0.2) is 0 Å². The number of nitro benzene ring substituents is 1. The van der Waals surface area contributed by atoms with Gasteiger partial charge in [-0.15, -0.1) is 0 Å². The standard InChI is InChI=1S/C9H10FN3O3/c1-11-5-9(14)12-8-4-6(13(15)16)2-3-7(8)10/h2-4,11H,5H2,1H3,(H,12,14). The van der Waals surface area contributed by atoms with Crippen molar-refractivity contribution in [2.45, 2.75) is 0 Å². The summed E-state index contributed by atoms with van der Waals surface area (Å²) in [5.41, 5.74) is -0.476. The summed E-state index contributed by atoms with van der Waals surface area (Å²) in [5, 5.41) is 15.2. The summed E-state index contributed by atoms with van der Waals surface area (Å²) < 4.78 is 13.2. The zero-order chi connectivity index (χ0) is 12.1. The molecular weight excluding hydrogens is 217 g/mol. The molecule has 0 radical (unpaired) electrons. The van der Waals surface area contributed by atoms with E-state index in [1.807, 2.05) is 0 Å². The van der Waals surface area contributed by atoms with E-state index in [4.69, 9.17) is 0 Å². The second-order valence-corrected chi connectivity index (χ2v) is 3.00. The van der Waals surface area contributed by atoms with Crippen LogP contribution in [0, 0.1) is 15.9 Å². The molecule has 0 fully saturated rings. The molecule has 0 saturated heterocycles. The Morgan fingerprint density at radius 3 is 2.81 bits per heavy atom. The summed E-state index contributed by atoms with van der Waals surface area (Å²) in [4.78, 5) is 20.9. The summed E-state index contributed by atoms with van der Waals surface area (Å²) in [5.74, 6) is -1.18. The van der Waals surface area contributed by atoms with Gasteiger partial charge in [0.2, 0.25) is 5.91 Å². The summed E-state index contributed by atoms with van der Waals surface area (Å²) >= 11 is 0. The number of halogens is 1. The SMILES string of the molecule is CNCC(=O)Nc1cc([N+](=O)[O-])ccc1F. The number of amides is 1.